The number of benzene rings is 3. The van der Waals surface area contributed by atoms with Crippen molar-refractivity contribution in [1.29, 1.82) is 0 Å². The third-order valence-electron chi connectivity index (χ3n) is 4.49. The van der Waals surface area contributed by atoms with E-state index in [1.807, 2.05) is 0 Å². The van der Waals surface area contributed by atoms with Crippen molar-refractivity contribution in [3.63, 3.8) is 0 Å². The molecule has 0 aliphatic rings. The van der Waals surface area contributed by atoms with Crippen molar-refractivity contribution in [2.24, 2.45) is 0 Å². The largest absolute Gasteiger partial charge is 0.495 e. The number of nitrogens with zero attached hydrogens (tertiary/aromatic N) is 1. The number of nitro groups is 1. The number of nitro benzene ring substituents is 1. The topological polar surface area (TPSA) is 109 Å². The minimum absolute atomic E-state index is 0.0297. The van der Waals surface area contributed by atoms with Crippen LogP contribution in [0.25, 0.3) is 0 Å². The van der Waals surface area contributed by atoms with E-state index in [9.17, 15) is 14.9 Å². The minimum atomic E-state index is -0.608. The fourth-order valence-electron chi connectivity index (χ4n) is 2.88. The minimum Gasteiger partial charge on any atom is -0.495 e. The second kappa shape index (κ2) is 10.3. The Bertz CT molecular complexity index is 1220. The molecule has 0 aromatic heterocycles. The molecule has 33 heavy (non-hydrogen) atoms. The Balaban J connectivity index is 1.89. The third-order valence-corrected chi connectivity index (χ3v) is 5.02. The van der Waals surface area contributed by atoms with E-state index in [1.54, 1.807) is 0 Å². The maximum absolute atomic E-state index is 12.8. The van der Waals surface area contributed by atoms with E-state index in [-0.39, 0.29) is 33.5 Å². The monoisotopic (exact) mass is 492 g/mol. The lowest BCUT2D eigenvalue weighted by Gasteiger charge is -2.14. The van der Waals surface area contributed by atoms with Crippen LogP contribution in [0.2, 0.25) is 10.0 Å². The van der Waals surface area contributed by atoms with E-state index >= 15 is 0 Å². The van der Waals surface area contributed by atoms with Crippen molar-refractivity contribution in [3.05, 3.63) is 74.3 Å². The van der Waals surface area contributed by atoms with Crippen LogP contribution in [-0.2, 0) is 0 Å². The molecule has 3 aromatic carbocycles. The second-order valence-electron chi connectivity index (χ2n) is 6.48. The first-order chi connectivity index (χ1) is 15.8. The van der Waals surface area contributed by atoms with E-state index < -0.39 is 10.8 Å². The first kappa shape index (κ1) is 24.0. The number of halogens is 2. The predicted octanol–water partition coefficient (Wildman–Crippen LogP) is 5.97. The maximum atomic E-state index is 12.8. The summed E-state index contributed by atoms with van der Waals surface area (Å²) in [6.07, 6.45) is 0. The number of carbonyl (C=O) groups is 1. The SMILES string of the molecule is COc1cc(NC(=O)c2ccc(Oc3ccc(Cl)cc3[N+](=O)[O-])c(OC)c2)c(OC)cc1Cl. The fourth-order valence-corrected chi connectivity index (χ4v) is 3.28. The summed E-state index contributed by atoms with van der Waals surface area (Å²) in [5.74, 6) is 0.561. The molecule has 0 atom stereocenters. The fraction of sp³-hybridized carbons (Fsp3) is 0.136. The van der Waals surface area contributed by atoms with Gasteiger partial charge in [0.1, 0.15) is 11.5 Å². The number of amides is 1. The average molecular weight is 493 g/mol. The molecule has 3 aromatic rings. The van der Waals surface area contributed by atoms with Gasteiger partial charge in [0.2, 0.25) is 5.75 Å². The van der Waals surface area contributed by atoms with Crippen molar-refractivity contribution in [2.75, 3.05) is 26.6 Å². The van der Waals surface area contributed by atoms with Crippen LogP contribution in [-0.4, -0.2) is 32.2 Å². The molecule has 0 saturated carbocycles. The Morgan fingerprint density at radius 3 is 2.15 bits per heavy atom. The van der Waals surface area contributed by atoms with Gasteiger partial charge in [0.05, 0.1) is 37.0 Å². The smallest absolute Gasteiger partial charge is 0.313 e. The number of nitrogens with one attached hydrogen (secondary N) is 1. The van der Waals surface area contributed by atoms with Gasteiger partial charge in [0.15, 0.2) is 11.5 Å². The Labute approximate surface area is 198 Å². The van der Waals surface area contributed by atoms with Crippen LogP contribution in [0.1, 0.15) is 10.4 Å². The molecular formula is C22H18Cl2N2O7. The molecule has 0 radical (unpaired) electrons. The Morgan fingerprint density at radius 1 is 0.848 bits per heavy atom. The van der Waals surface area contributed by atoms with Crippen LogP contribution < -0.4 is 24.3 Å². The molecule has 0 spiro atoms. The zero-order valence-electron chi connectivity index (χ0n) is 17.7. The zero-order valence-corrected chi connectivity index (χ0v) is 19.2. The first-order valence-corrected chi connectivity index (χ1v) is 10.1. The lowest BCUT2D eigenvalue weighted by molar-refractivity contribution is -0.385. The maximum Gasteiger partial charge on any atom is 0.313 e. The molecule has 0 fully saturated rings. The molecule has 0 saturated heterocycles. The van der Waals surface area contributed by atoms with Crippen molar-refractivity contribution in [1.82, 2.24) is 0 Å². The molecule has 172 valence electrons. The Hall–Kier alpha value is -3.69. The number of rotatable bonds is 8. The molecule has 0 aliphatic carbocycles. The highest BCUT2D eigenvalue weighted by molar-refractivity contribution is 6.32. The predicted molar refractivity (Wildman–Crippen MR) is 124 cm³/mol. The van der Waals surface area contributed by atoms with Crippen LogP contribution in [0.3, 0.4) is 0 Å². The highest BCUT2D eigenvalue weighted by atomic mass is 35.5. The van der Waals surface area contributed by atoms with Gasteiger partial charge in [0, 0.05) is 28.8 Å². The van der Waals surface area contributed by atoms with Gasteiger partial charge in [-0.25, -0.2) is 0 Å². The zero-order chi connectivity index (χ0) is 24.1. The standard InChI is InChI=1S/C22H18Cl2N2O7/c1-30-19-11-15(20(31-2)10-14(19)24)25-22(27)12-4-6-18(21(8-12)32-3)33-17-7-5-13(23)9-16(17)26(28)29/h4-11H,1-3H3,(H,25,27). The molecule has 9 nitrogen and oxygen atoms in total. The van der Waals surface area contributed by atoms with E-state index in [4.69, 9.17) is 42.1 Å². The molecule has 0 aliphatic heterocycles. The van der Waals surface area contributed by atoms with Gasteiger partial charge in [0.25, 0.3) is 5.91 Å². The van der Waals surface area contributed by atoms with Crippen molar-refractivity contribution in [3.8, 4) is 28.7 Å². The normalized spacial score (nSPS) is 10.3. The van der Waals surface area contributed by atoms with Gasteiger partial charge in [-0.05, 0) is 30.3 Å². The average Bonchev–Trinajstić information content (AvgIpc) is 2.80. The molecule has 0 heterocycles. The summed E-state index contributed by atoms with van der Waals surface area (Å²) >= 11 is 11.9. The van der Waals surface area contributed by atoms with Crippen LogP contribution in [0.15, 0.2) is 48.5 Å². The summed E-state index contributed by atoms with van der Waals surface area (Å²) in [5.41, 5.74) is 0.274. The van der Waals surface area contributed by atoms with E-state index in [2.05, 4.69) is 5.32 Å². The molecule has 11 heteroatoms. The van der Waals surface area contributed by atoms with E-state index in [0.29, 0.717) is 22.2 Å². The summed E-state index contributed by atoms with van der Waals surface area (Å²) in [4.78, 5) is 23.5. The van der Waals surface area contributed by atoms with Crippen molar-refractivity contribution < 1.29 is 28.7 Å². The van der Waals surface area contributed by atoms with Gasteiger partial charge in [-0.3, -0.25) is 14.9 Å². The van der Waals surface area contributed by atoms with Crippen LogP contribution in [0.4, 0.5) is 11.4 Å². The lowest BCUT2D eigenvalue weighted by Crippen LogP contribution is -2.13. The van der Waals surface area contributed by atoms with Gasteiger partial charge < -0.3 is 24.3 Å². The quantitative estimate of drug-likeness (QED) is 0.304. The van der Waals surface area contributed by atoms with Gasteiger partial charge in [-0.15, -0.1) is 0 Å². The van der Waals surface area contributed by atoms with Gasteiger partial charge in [-0.1, -0.05) is 23.2 Å². The number of hydrogen-bond donors (Lipinski definition) is 1. The number of methoxy groups -OCH3 is 3. The van der Waals surface area contributed by atoms with Crippen LogP contribution in [0.5, 0.6) is 28.7 Å². The first-order valence-electron chi connectivity index (χ1n) is 9.30. The highest BCUT2D eigenvalue weighted by Crippen LogP contribution is 2.39. The lowest BCUT2D eigenvalue weighted by atomic mass is 10.1. The van der Waals surface area contributed by atoms with Crippen molar-refractivity contribution >= 4 is 40.5 Å². The molecule has 0 unspecified atom stereocenters. The summed E-state index contributed by atoms with van der Waals surface area (Å²) < 4.78 is 21.4. The summed E-state index contributed by atoms with van der Waals surface area (Å²) in [5, 5.41) is 14.6. The van der Waals surface area contributed by atoms with Gasteiger partial charge >= 0.3 is 5.69 Å². The molecule has 3 rings (SSSR count). The van der Waals surface area contributed by atoms with E-state index in [1.165, 1.54) is 69.9 Å². The molecule has 0 bridgehead atoms. The summed E-state index contributed by atoms with van der Waals surface area (Å²) in [7, 11) is 4.28. The van der Waals surface area contributed by atoms with Crippen molar-refractivity contribution in [2.45, 2.75) is 0 Å². The molecule has 1 amide bonds. The Morgan fingerprint density at radius 2 is 1.52 bits per heavy atom. The number of anilines is 1. The van der Waals surface area contributed by atoms with Gasteiger partial charge in [-0.2, -0.15) is 0 Å². The molecule has 1 N–H and O–H groups in total. The number of hydrogen-bond acceptors (Lipinski definition) is 7. The molecular weight excluding hydrogens is 475 g/mol. The number of carbonyl (C=O) groups excluding carboxylic acids is 1. The van der Waals surface area contributed by atoms with Crippen LogP contribution in [0, 0.1) is 10.1 Å². The number of ether oxygens (including phenoxy) is 4. The van der Waals surface area contributed by atoms with Crippen LogP contribution >= 0.6 is 23.2 Å². The Kier molecular flexibility index (Phi) is 7.47. The summed E-state index contributed by atoms with van der Waals surface area (Å²) in [6, 6.07) is 11.5. The second-order valence-corrected chi connectivity index (χ2v) is 7.32. The van der Waals surface area contributed by atoms with E-state index in [0.717, 1.165) is 0 Å². The summed E-state index contributed by atoms with van der Waals surface area (Å²) in [6.45, 7) is 0. The third kappa shape index (κ3) is 5.39. The highest BCUT2D eigenvalue weighted by Gasteiger charge is 2.20.